The van der Waals surface area contributed by atoms with Crippen LogP contribution in [0.15, 0.2) is 46.9 Å². The highest BCUT2D eigenvalue weighted by atomic mass is 35.5. The smallest absolute Gasteiger partial charge is 0.228 e. The van der Waals surface area contributed by atoms with Gasteiger partial charge in [-0.25, -0.2) is 0 Å². The molecule has 3 nitrogen and oxygen atoms in total. The monoisotopic (exact) mass is 285 g/mol. The van der Waals surface area contributed by atoms with Gasteiger partial charge in [0, 0.05) is 21.7 Å². The Labute approximate surface area is 120 Å². The third-order valence-corrected chi connectivity index (χ3v) is 3.47. The van der Waals surface area contributed by atoms with Crippen molar-refractivity contribution in [3.8, 4) is 0 Å². The molecule has 1 aromatic heterocycles. The Morgan fingerprint density at radius 1 is 1.15 bits per heavy atom. The van der Waals surface area contributed by atoms with Gasteiger partial charge in [0.1, 0.15) is 5.58 Å². The van der Waals surface area contributed by atoms with Crippen LogP contribution in [-0.4, -0.2) is 5.78 Å². The van der Waals surface area contributed by atoms with Crippen LogP contribution in [0.2, 0.25) is 5.02 Å². The number of nitrogens with two attached hydrogens (primary N) is 1. The molecule has 0 saturated heterocycles. The molecule has 2 N–H and O–H groups in total. The van der Waals surface area contributed by atoms with Crippen LogP contribution in [0.5, 0.6) is 0 Å². The molecule has 0 radical (unpaired) electrons. The molecule has 20 heavy (non-hydrogen) atoms. The van der Waals surface area contributed by atoms with Crippen LogP contribution < -0.4 is 5.73 Å². The van der Waals surface area contributed by atoms with E-state index in [-0.39, 0.29) is 5.78 Å². The van der Waals surface area contributed by atoms with Crippen LogP contribution in [0.25, 0.3) is 11.0 Å². The van der Waals surface area contributed by atoms with Crippen LogP contribution in [0.1, 0.15) is 21.7 Å². The fourth-order valence-electron chi connectivity index (χ4n) is 2.09. The van der Waals surface area contributed by atoms with Gasteiger partial charge in [0.15, 0.2) is 5.76 Å². The summed E-state index contributed by atoms with van der Waals surface area (Å²) in [5, 5.41) is 1.42. The van der Waals surface area contributed by atoms with Crippen LogP contribution >= 0.6 is 11.6 Å². The Hall–Kier alpha value is -2.26. The summed E-state index contributed by atoms with van der Waals surface area (Å²) in [7, 11) is 0. The number of rotatable bonds is 2. The molecular formula is C16H12ClNO2. The van der Waals surface area contributed by atoms with E-state index in [9.17, 15) is 4.79 Å². The molecular weight excluding hydrogens is 274 g/mol. The number of furan rings is 1. The Morgan fingerprint density at radius 3 is 2.70 bits per heavy atom. The first-order valence-electron chi connectivity index (χ1n) is 6.14. The number of ketones is 1. The molecule has 0 aliphatic rings. The minimum absolute atomic E-state index is 0.166. The van der Waals surface area contributed by atoms with E-state index in [1.807, 2.05) is 6.92 Å². The first-order chi connectivity index (χ1) is 9.54. The van der Waals surface area contributed by atoms with Crippen LogP contribution in [0.4, 0.5) is 5.69 Å². The van der Waals surface area contributed by atoms with E-state index >= 15 is 0 Å². The van der Waals surface area contributed by atoms with Gasteiger partial charge >= 0.3 is 0 Å². The molecule has 0 amide bonds. The fourth-order valence-corrected chi connectivity index (χ4v) is 2.27. The third-order valence-electron chi connectivity index (χ3n) is 3.23. The Balaban J connectivity index is 2.05. The number of anilines is 1. The quantitative estimate of drug-likeness (QED) is 0.567. The summed E-state index contributed by atoms with van der Waals surface area (Å²) in [6.45, 7) is 1.87. The van der Waals surface area contributed by atoms with E-state index < -0.39 is 0 Å². The van der Waals surface area contributed by atoms with Crippen molar-refractivity contribution in [3.05, 3.63) is 64.4 Å². The molecule has 4 heteroatoms. The maximum Gasteiger partial charge on any atom is 0.228 e. The molecule has 0 unspecified atom stereocenters. The predicted molar refractivity (Wildman–Crippen MR) is 80.2 cm³/mol. The number of carbonyl (C=O) groups is 1. The number of benzene rings is 2. The first kappa shape index (κ1) is 12.8. The zero-order chi connectivity index (χ0) is 14.3. The van der Waals surface area contributed by atoms with Gasteiger partial charge < -0.3 is 10.2 Å². The van der Waals surface area contributed by atoms with Crippen molar-refractivity contribution in [2.45, 2.75) is 6.92 Å². The summed E-state index contributed by atoms with van der Waals surface area (Å²) >= 11 is 5.92. The maximum atomic E-state index is 12.4. The molecule has 3 rings (SSSR count). The topological polar surface area (TPSA) is 56.2 Å². The number of hydrogen-bond donors (Lipinski definition) is 1. The van der Waals surface area contributed by atoms with Gasteiger partial charge in [-0.3, -0.25) is 4.79 Å². The normalized spacial score (nSPS) is 10.9. The predicted octanol–water partition coefficient (Wildman–Crippen LogP) is 4.21. The van der Waals surface area contributed by atoms with Gasteiger partial charge in [-0.05, 0) is 55.0 Å². The largest absolute Gasteiger partial charge is 0.453 e. The average molecular weight is 286 g/mol. The zero-order valence-electron chi connectivity index (χ0n) is 10.8. The van der Waals surface area contributed by atoms with Crippen molar-refractivity contribution in [1.82, 2.24) is 0 Å². The van der Waals surface area contributed by atoms with Gasteiger partial charge in [0.25, 0.3) is 0 Å². The molecule has 0 aliphatic carbocycles. The molecule has 1 heterocycles. The average Bonchev–Trinajstić information content (AvgIpc) is 2.84. The molecule has 0 bridgehead atoms. The van der Waals surface area contributed by atoms with E-state index in [4.69, 9.17) is 21.8 Å². The van der Waals surface area contributed by atoms with E-state index in [0.29, 0.717) is 27.6 Å². The summed E-state index contributed by atoms with van der Waals surface area (Å²) in [6.07, 6.45) is 0. The van der Waals surface area contributed by atoms with Crippen LogP contribution in [0.3, 0.4) is 0 Å². The summed E-state index contributed by atoms with van der Waals surface area (Å²) in [5.41, 5.74) is 8.49. The second kappa shape index (κ2) is 4.69. The van der Waals surface area contributed by atoms with Crippen molar-refractivity contribution in [2.24, 2.45) is 0 Å². The molecule has 0 saturated carbocycles. The highest BCUT2D eigenvalue weighted by molar-refractivity contribution is 6.31. The van der Waals surface area contributed by atoms with Crippen molar-refractivity contribution in [1.29, 1.82) is 0 Å². The molecule has 2 aromatic carbocycles. The van der Waals surface area contributed by atoms with Crippen LogP contribution in [-0.2, 0) is 0 Å². The summed E-state index contributed by atoms with van der Waals surface area (Å²) in [4.78, 5) is 12.4. The summed E-state index contributed by atoms with van der Waals surface area (Å²) in [6, 6.07) is 12.1. The molecule has 0 spiro atoms. The molecule has 100 valence electrons. The number of nitrogen functional groups attached to an aromatic ring is 1. The summed E-state index contributed by atoms with van der Waals surface area (Å²) < 4.78 is 5.57. The number of fused-ring (bicyclic) bond motifs is 1. The number of hydrogen-bond acceptors (Lipinski definition) is 3. The van der Waals surface area contributed by atoms with E-state index in [2.05, 4.69) is 0 Å². The molecule has 0 fully saturated rings. The second-order valence-electron chi connectivity index (χ2n) is 4.69. The number of carbonyl (C=O) groups excluding carboxylic acids is 1. The van der Waals surface area contributed by atoms with Crippen molar-refractivity contribution < 1.29 is 9.21 Å². The maximum absolute atomic E-state index is 12.4. The zero-order valence-corrected chi connectivity index (χ0v) is 11.6. The number of halogens is 1. The lowest BCUT2D eigenvalue weighted by molar-refractivity contribution is 0.101. The van der Waals surface area contributed by atoms with Crippen molar-refractivity contribution in [2.75, 3.05) is 5.73 Å². The Bertz CT molecular complexity index is 820. The highest BCUT2D eigenvalue weighted by Gasteiger charge is 2.15. The lowest BCUT2D eigenvalue weighted by Crippen LogP contribution is -2.01. The highest BCUT2D eigenvalue weighted by Crippen LogP contribution is 2.25. The van der Waals surface area contributed by atoms with Crippen molar-refractivity contribution >= 4 is 34.0 Å². The Kier molecular flexibility index (Phi) is 2.99. The molecule has 0 atom stereocenters. The lowest BCUT2D eigenvalue weighted by Gasteiger charge is -2.02. The molecule has 3 aromatic rings. The SMILES string of the molecule is Cc1cc(C(=O)c2cc3cc(Cl)ccc3o2)ccc1N. The third kappa shape index (κ3) is 2.17. The van der Waals surface area contributed by atoms with Gasteiger partial charge in [0.05, 0.1) is 0 Å². The number of aryl methyl sites for hydroxylation is 1. The summed E-state index contributed by atoms with van der Waals surface area (Å²) in [5.74, 6) is 0.131. The standard InChI is InChI=1S/C16H12ClNO2/c1-9-6-10(2-4-13(9)18)16(19)15-8-11-7-12(17)3-5-14(11)20-15/h2-8H,18H2,1H3. The van der Waals surface area contributed by atoms with Crippen molar-refractivity contribution in [3.63, 3.8) is 0 Å². The van der Waals surface area contributed by atoms with E-state index in [0.717, 1.165) is 10.9 Å². The molecule has 0 aliphatic heterocycles. The lowest BCUT2D eigenvalue weighted by atomic mass is 10.0. The minimum atomic E-state index is -0.166. The fraction of sp³-hybridized carbons (Fsp3) is 0.0625. The van der Waals surface area contributed by atoms with Gasteiger partial charge in [-0.2, -0.15) is 0 Å². The van der Waals surface area contributed by atoms with Gasteiger partial charge in [-0.15, -0.1) is 0 Å². The van der Waals surface area contributed by atoms with E-state index in [1.165, 1.54) is 0 Å². The first-order valence-corrected chi connectivity index (χ1v) is 6.52. The Morgan fingerprint density at radius 2 is 1.95 bits per heavy atom. The minimum Gasteiger partial charge on any atom is -0.453 e. The van der Waals surface area contributed by atoms with Crippen LogP contribution in [0, 0.1) is 6.92 Å². The second-order valence-corrected chi connectivity index (χ2v) is 5.13. The van der Waals surface area contributed by atoms with Gasteiger partial charge in [-0.1, -0.05) is 11.6 Å². The van der Waals surface area contributed by atoms with E-state index in [1.54, 1.807) is 42.5 Å². The van der Waals surface area contributed by atoms with Gasteiger partial charge in [0.2, 0.25) is 5.78 Å².